The summed E-state index contributed by atoms with van der Waals surface area (Å²) in [5.41, 5.74) is 0. The lowest BCUT2D eigenvalue weighted by Crippen LogP contribution is -1.94. The molecule has 0 rings (SSSR count). The SMILES string of the molecule is C=CCC(=O)CCCCCC. The van der Waals surface area contributed by atoms with E-state index in [1.165, 1.54) is 19.3 Å². The second kappa shape index (κ2) is 7.52. The standard InChI is InChI=1S/C10H18O/c1-3-5-6-7-9-10(11)8-4-2/h4H,2-3,5-9H2,1H3. The molecule has 0 aliphatic heterocycles. The third-order valence-electron chi connectivity index (χ3n) is 1.68. The lowest BCUT2D eigenvalue weighted by molar-refractivity contribution is -0.118. The maximum atomic E-state index is 10.9. The van der Waals surface area contributed by atoms with Gasteiger partial charge in [-0.1, -0.05) is 32.3 Å². The van der Waals surface area contributed by atoms with E-state index in [2.05, 4.69) is 13.5 Å². The molecule has 0 unspecified atom stereocenters. The van der Waals surface area contributed by atoms with Crippen LogP contribution in [0.15, 0.2) is 12.7 Å². The smallest absolute Gasteiger partial charge is 0.136 e. The summed E-state index contributed by atoms with van der Waals surface area (Å²) in [6, 6.07) is 0. The molecule has 0 saturated carbocycles. The zero-order valence-corrected chi connectivity index (χ0v) is 7.44. The molecule has 0 fully saturated rings. The predicted molar refractivity (Wildman–Crippen MR) is 48.6 cm³/mol. The van der Waals surface area contributed by atoms with Crippen molar-refractivity contribution in [2.75, 3.05) is 0 Å². The molecule has 11 heavy (non-hydrogen) atoms. The minimum absolute atomic E-state index is 0.330. The molecule has 0 atom stereocenters. The van der Waals surface area contributed by atoms with Crippen LogP contribution < -0.4 is 0 Å². The van der Waals surface area contributed by atoms with Crippen LogP contribution in [0.1, 0.15) is 45.4 Å². The van der Waals surface area contributed by atoms with E-state index in [1.807, 2.05) is 0 Å². The highest BCUT2D eigenvalue weighted by atomic mass is 16.1. The van der Waals surface area contributed by atoms with Crippen LogP contribution >= 0.6 is 0 Å². The fourth-order valence-electron chi connectivity index (χ4n) is 1.01. The maximum absolute atomic E-state index is 10.9. The lowest BCUT2D eigenvalue weighted by Gasteiger charge is -1.96. The minimum atomic E-state index is 0.330. The van der Waals surface area contributed by atoms with Gasteiger partial charge in [-0.3, -0.25) is 4.79 Å². The molecule has 0 radical (unpaired) electrons. The number of carbonyl (C=O) groups is 1. The fraction of sp³-hybridized carbons (Fsp3) is 0.700. The topological polar surface area (TPSA) is 17.1 Å². The molecule has 0 aliphatic carbocycles. The molecule has 0 spiro atoms. The van der Waals surface area contributed by atoms with Crippen LogP contribution in [-0.4, -0.2) is 5.78 Å². The van der Waals surface area contributed by atoms with Crippen LogP contribution in [0.4, 0.5) is 0 Å². The van der Waals surface area contributed by atoms with E-state index in [1.54, 1.807) is 6.08 Å². The highest BCUT2D eigenvalue weighted by Crippen LogP contribution is 2.04. The Morgan fingerprint density at radius 2 is 2.09 bits per heavy atom. The molecule has 1 heteroatoms. The first-order valence-corrected chi connectivity index (χ1v) is 4.43. The number of unbranched alkanes of at least 4 members (excludes halogenated alkanes) is 3. The first-order valence-electron chi connectivity index (χ1n) is 4.43. The predicted octanol–water partition coefficient (Wildman–Crippen LogP) is 3.10. The van der Waals surface area contributed by atoms with Crippen molar-refractivity contribution in [3.63, 3.8) is 0 Å². The fourth-order valence-corrected chi connectivity index (χ4v) is 1.01. The van der Waals surface area contributed by atoms with Gasteiger partial charge in [-0.25, -0.2) is 0 Å². The van der Waals surface area contributed by atoms with Crippen molar-refractivity contribution in [3.8, 4) is 0 Å². The van der Waals surface area contributed by atoms with Gasteiger partial charge in [-0.15, -0.1) is 6.58 Å². The molecule has 0 heterocycles. The largest absolute Gasteiger partial charge is 0.299 e. The van der Waals surface area contributed by atoms with E-state index in [4.69, 9.17) is 0 Å². The number of allylic oxidation sites excluding steroid dienone is 1. The maximum Gasteiger partial charge on any atom is 0.136 e. The van der Waals surface area contributed by atoms with Crippen LogP contribution in [0, 0.1) is 0 Å². The molecular weight excluding hydrogens is 136 g/mol. The van der Waals surface area contributed by atoms with E-state index in [9.17, 15) is 4.79 Å². The van der Waals surface area contributed by atoms with Crippen molar-refractivity contribution < 1.29 is 4.79 Å². The molecule has 0 aromatic carbocycles. The number of hydrogen-bond acceptors (Lipinski definition) is 1. The molecule has 0 aromatic heterocycles. The van der Waals surface area contributed by atoms with Crippen LogP contribution in [0.5, 0.6) is 0 Å². The average molecular weight is 154 g/mol. The summed E-state index contributed by atoms with van der Waals surface area (Å²) < 4.78 is 0. The van der Waals surface area contributed by atoms with Crippen LogP contribution in [0.3, 0.4) is 0 Å². The Bertz CT molecular complexity index is 116. The van der Waals surface area contributed by atoms with E-state index >= 15 is 0 Å². The third kappa shape index (κ3) is 7.31. The molecule has 1 nitrogen and oxygen atoms in total. The average Bonchev–Trinajstić information content (AvgIpc) is 1.99. The van der Waals surface area contributed by atoms with E-state index < -0.39 is 0 Å². The third-order valence-corrected chi connectivity index (χ3v) is 1.68. The number of rotatable bonds is 7. The van der Waals surface area contributed by atoms with Crippen LogP contribution in [-0.2, 0) is 4.79 Å². The summed E-state index contributed by atoms with van der Waals surface area (Å²) in [5, 5.41) is 0. The summed E-state index contributed by atoms with van der Waals surface area (Å²) in [5.74, 6) is 0.330. The molecule has 0 N–H and O–H groups in total. The van der Waals surface area contributed by atoms with Crippen molar-refractivity contribution in [3.05, 3.63) is 12.7 Å². The van der Waals surface area contributed by atoms with E-state index in [-0.39, 0.29) is 0 Å². The van der Waals surface area contributed by atoms with Gasteiger partial charge in [0.1, 0.15) is 5.78 Å². The Balaban J connectivity index is 3.10. The first kappa shape index (κ1) is 10.4. The minimum Gasteiger partial charge on any atom is -0.299 e. The summed E-state index contributed by atoms with van der Waals surface area (Å²) in [4.78, 5) is 10.9. The van der Waals surface area contributed by atoms with Crippen molar-refractivity contribution in [1.29, 1.82) is 0 Å². The number of hydrogen-bond donors (Lipinski definition) is 0. The molecule has 0 bridgehead atoms. The van der Waals surface area contributed by atoms with Crippen LogP contribution in [0.25, 0.3) is 0 Å². The van der Waals surface area contributed by atoms with Crippen molar-refractivity contribution in [1.82, 2.24) is 0 Å². The van der Waals surface area contributed by atoms with Gasteiger partial charge in [-0.05, 0) is 6.42 Å². The van der Waals surface area contributed by atoms with E-state index in [0.717, 1.165) is 12.8 Å². The monoisotopic (exact) mass is 154 g/mol. The second-order valence-electron chi connectivity index (χ2n) is 2.84. The van der Waals surface area contributed by atoms with Crippen molar-refractivity contribution >= 4 is 5.78 Å². The molecular formula is C10H18O. The summed E-state index contributed by atoms with van der Waals surface area (Å²) in [6.45, 7) is 5.70. The van der Waals surface area contributed by atoms with Gasteiger partial charge >= 0.3 is 0 Å². The normalized spacial score (nSPS) is 9.55. The molecule has 0 aromatic rings. The molecule has 0 aliphatic rings. The second-order valence-corrected chi connectivity index (χ2v) is 2.84. The van der Waals surface area contributed by atoms with E-state index in [0.29, 0.717) is 12.2 Å². The Hall–Kier alpha value is -0.590. The summed E-state index contributed by atoms with van der Waals surface area (Å²) >= 11 is 0. The summed E-state index contributed by atoms with van der Waals surface area (Å²) in [7, 11) is 0. The molecule has 64 valence electrons. The van der Waals surface area contributed by atoms with Gasteiger partial charge in [0, 0.05) is 12.8 Å². The van der Waals surface area contributed by atoms with Gasteiger partial charge < -0.3 is 0 Å². The zero-order chi connectivity index (χ0) is 8.53. The number of Topliss-reactive ketones (excluding diaryl/α,β-unsaturated/α-hetero) is 1. The lowest BCUT2D eigenvalue weighted by atomic mass is 10.1. The molecule has 0 saturated heterocycles. The van der Waals surface area contributed by atoms with Crippen molar-refractivity contribution in [2.45, 2.75) is 45.4 Å². The van der Waals surface area contributed by atoms with Gasteiger partial charge in [-0.2, -0.15) is 0 Å². The molecule has 0 amide bonds. The van der Waals surface area contributed by atoms with Gasteiger partial charge in [0.25, 0.3) is 0 Å². The Kier molecular flexibility index (Phi) is 7.11. The number of carbonyl (C=O) groups excluding carboxylic acids is 1. The highest BCUT2D eigenvalue weighted by Gasteiger charge is 1.97. The first-order chi connectivity index (χ1) is 5.31. The van der Waals surface area contributed by atoms with Crippen LogP contribution in [0.2, 0.25) is 0 Å². The quantitative estimate of drug-likeness (QED) is 0.407. The summed E-state index contributed by atoms with van der Waals surface area (Å²) in [6.07, 6.45) is 7.71. The van der Waals surface area contributed by atoms with Gasteiger partial charge in [0.15, 0.2) is 0 Å². The number of ketones is 1. The zero-order valence-electron chi connectivity index (χ0n) is 7.44. The van der Waals surface area contributed by atoms with Gasteiger partial charge in [0.05, 0.1) is 0 Å². The van der Waals surface area contributed by atoms with Crippen molar-refractivity contribution in [2.24, 2.45) is 0 Å². The Morgan fingerprint density at radius 3 is 2.64 bits per heavy atom. The Labute approximate surface area is 69.5 Å². The highest BCUT2D eigenvalue weighted by molar-refractivity contribution is 5.79. The van der Waals surface area contributed by atoms with Gasteiger partial charge in [0.2, 0.25) is 0 Å². The Morgan fingerprint density at radius 1 is 1.36 bits per heavy atom.